The topological polar surface area (TPSA) is 0 Å². The highest BCUT2D eigenvalue weighted by molar-refractivity contribution is 7.74. The van der Waals surface area contributed by atoms with Crippen LogP contribution in [-0.2, 0) is 0 Å². The van der Waals surface area contributed by atoms with E-state index >= 15 is 0 Å². The van der Waals surface area contributed by atoms with Gasteiger partial charge in [-0.1, -0.05) is 136 Å². The van der Waals surface area contributed by atoms with E-state index in [9.17, 15) is 0 Å². The second-order valence-electron chi connectivity index (χ2n) is 18.8. The average Bonchev–Trinajstić information content (AvgIpc) is 3.94. The van der Waals surface area contributed by atoms with E-state index in [1.54, 1.807) is 0 Å². The Balaban J connectivity index is 0.000000131. The largest absolute Gasteiger partial charge is 0.0677 e. The van der Waals surface area contributed by atoms with Crippen LogP contribution in [0.1, 0.15) is 107 Å². The summed E-state index contributed by atoms with van der Waals surface area (Å²) in [5.41, 5.74) is 8.27. The fourth-order valence-electron chi connectivity index (χ4n) is 13.5. The SMILES string of the molecule is C[C@@H]1CC2[C@H](C)CC1P2c1ccccc1P1C2C[C@@H](C)C1C[C@H]2C.C[C@@H]1CC2[C@H](C)CC1P2c1ccccc1P1C2C[C@@H](C)C1C[C@H]2C. The van der Waals surface area contributed by atoms with Crippen LogP contribution in [-0.4, -0.2) is 45.3 Å². The van der Waals surface area contributed by atoms with Crippen LogP contribution in [0.5, 0.6) is 0 Å². The molecule has 48 heavy (non-hydrogen) atoms. The Morgan fingerprint density at radius 2 is 0.438 bits per heavy atom. The predicted octanol–water partition coefficient (Wildman–Crippen LogP) is 11.1. The minimum atomic E-state index is 0.110. The summed E-state index contributed by atoms with van der Waals surface area (Å²) in [6.07, 6.45) is 12.1. The zero-order valence-electron chi connectivity index (χ0n) is 31.3. The summed E-state index contributed by atoms with van der Waals surface area (Å²) in [6.45, 7) is 20.4. The molecule has 2 aromatic carbocycles. The molecule has 8 unspecified atom stereocenters. The molecule has 2 aromatic rings. The molecule has 8 fully saturated rings. The molecule has 0 nitrogen and oxygen atoms in total. The van der Waals surface area contributed by atoms with Crippen LogP contribution in [0.25, 0.3) is 0 Å². The molecule has 260 valence electrons. The number of fused-ring (bicyclic) bond motifs is 8. The molecule has 8 heterocycles. The van der Waals surface area contributed by atoms with Gasteiger partial charge < -0.3 is 0 Å². The van der Waals surface area contributed by atoms with Crippen molar-refractivity contribution in [2.45, 2.75) is 152 Å². The maximum atomic E-state index is 2.58. The highest BCUT2D eigenvalue weighted by Crippen LogP contribution is 2.72. The highest BCUT2D eigenvalue weighted by atomic mass is 31.1. The third-order valence-electron chi connectivity index (χ3n) is 15.9. The number of rotatable bonds is 4. The molecule has 0 N–H and O–H groups in total. The van der Waals surface area contributed by atoms with Gasteiger partial charge in [0, 0.05) is 0 Å². The van der Waals surface area contributed by atoms with Crippen LogP contribution in [0.4, 0.5) is 0 Å². The summed E-state index contributed by atoms with van der Waals surface area (Å²) in [5.74, 6) is 7.86. The molecule has 8 saturated heterocycles. The van der Waals surface area contributed by atoms with Crippen molar-refractivity contribution in [1.82, 2.24) is 0 Å². The second-order valence-corrected chi connectivity index (χ2v) is 29.3. The van der Waals surface area contributed by atoms with Gasteiger partial charge in [-0.25, -0.2) is 0 Å². The lowest BCUT2D eigenvalue weighted by atomic mass is 9.84. The van der Waals surface area contributed by atoms with E-state index in [1.165, 1.54) is 51.4 Å². The summed E-state index contributed by atoms with van der Waals surface area (Å²) < 4.78 is 0. The molecule has 16 atom stereocenters. The van der Waals surface area contributed by atoms with Crippen LogP contribution < -0.4 is 21.2 Å². The predicted molar refractivity (Wildman–Crippen MR) is 220 cm³/mol. The van der Waals surface area contributed by atoms with Gasteiger partial charge in [-0.15, -0.1) is 0 Å². The molecule has 4 heteroatoms. The number of hydrogen-bond donors (Lipinski definition) is 0. The van der Waals surface area contributed by atoms with E-state index in [4.69, 9.17) is 0 Å². The number of benzene rings is 2. The third kappa shape index (κ3) is 5.23. The second kappa shape index (κ2) is 12.9. The van der Waals surface area contributed by atoms with Crippen molar-refractivity contribution < 1.29 is 0 Å². The maximum absolute atomic E-state index is 2.58. The average molecular weight is 717 g/mol. The van der Waals surface area contributed by atoms with Crippen molar-refractivity contribution in [3.05, 3.63) is 48.5 Å². The standard InChI is InChI=1S/2C22H32P2/c2*1-13-9-20-14(2)10-19(13)23(20)17-7-5-6-8-18(17)24-21-12-16(4)22(24)11-15(21)3/h2*5-8,13-16,19-22H,9-12H2,1-4H3/t2*13-,14-,15-,16-,19?,20?,21?,22?,23?,24?/m11/s1. The van der Waals surface area contributed by atoms with E-state index < -0.39 is 0 Å². The van der Waals surface area contributed by atoms with Gasteiger partial charge in [-0.3, -0.25) is 0 Å². The van der Waals surface area contributed by atoms with E-state index in [-0.39, 0.29) is 31.7 Å². The Morgan fingerprint density at radius 1 is 0.292 bits per heavy atom. The van der Waals surface area contributed by atoms with Gasteiger partial charge in [0.2, 0.25) is 0 Å². The van der Waals surface area contributed by atoms with Crippen molar-refractivity contribution in [1.29, 1.82) is 0 Å². The first-order valence-electron chi connectivity index (χ1n) is 20.4. The zero-order valence-corrected chi connectivity index (χ0v) is 34.9. The Hall–Kier alpha value is 0.160. The summed E-state index contributed by atoms with van der Waals surface area (Å²) in [4.78, 5) is 0. The first-order valence-corrected chi connectivity index (χ1v) is 26.4. The molecule has 0 saturated carbocycles. The van der Waals surface area contributed by atoms with E-state index in [1.807, 2.05) is 21.2 Å². The normalized spacial score (nSPS) is 52.3. The molecule has 0 aliphatic carbocycles. The van der Waals surface area contributed by atoms with E-state index in [0.29, 0.717) is 0 Å². The van der Waals surface area contributed by atoms with Crippen molar-refractivity contribution in [3.8, 4) is 0 Å². The van der Waals surface area contributed by atoms with Gasteiger partial charge in [-0.2, -0.15) is 0 Å². The summed E-state index contributed by atoms with van der Waals surface area (Å²) in [5, 5.41) is 7.50. The van der Waals surface area contributed by atoms with Gasteiger partial charge in [0.25, 0.3) is 0 Å². The quantitative estimate of drug-likeness (QED) is 0.276. The van der Waals surface area contributed by atoms with Crippen LogP contribution in [0.3, 0.4) is 0 Å². The minimum Gasteiger partial charge on any atom is -0.0677 e. The van der Waals surface area contributed by atoms with Gasteiger partial charge >= 0.3 is 0 Å². The van der Waals surface area contributed by atoms with Crippen LogP contribution in [0, 0.1) is 47.3 Å². The third-order valence-corrected chi connectivity index (χ3v) is 31.5. The summed E-state index contributed by atoms with van der Waals surface area (Å²) in [6, 6.07) is 19.7. The first-order chi connectivity index (χ1) is 23.1. The molecule has 8 aliphatic rings. The molecule has 0 spiro atoms. The zero-order chi connectivity index (χ0) is 33.2. The monoisotopic (exact) mass is 716 g/mol. The van der Waals surface area contributed by atoms with Crippen molar-refractivity contribution in [2.75, 3.05) is 0 Å². The van der Waals surface area contributed by atoms with Gasteiger partial charge in [0.1, 0.15) is 0 Å². The van der Waals surface area contributed by atoms with Gasteiger partial charge in [0.05, 0.1) is 0 Å². The van der Waals surface area contributed by atoms with Crippen molar-refractivity contribution in [3.63, 3.8) is 0 Å². The molecular formula is C44H64P4. The molecule has 10 rings (SSSR count). The Bertz CT molecular complexity index is 1220. The molecule has 0 radical (unpaired) electrons. The Morgan fingerprint density at radius 3 is 0.583 bits per heavy atom. The lowest BCUT2D eigenvalue weighted by Crippen LogP contribution is -2.27. The minimum absolute atomic E-state index is 0.110. The van der Waals surface area contributed by atoms with Crippen molar-refractivity contribution in [2.24, 2.45) is 47.3 Å². The van der Waals surface area contributed by atoms with E-state index in [2.05, 4.69) is 104 Å². The summed E-state index contributed by atoms with van der Waals surface area (Å²) in [7, 11) is 0.441. The maximum Gasteiger partial charge on any atom is -0.0137 e. The molecular weight excluding hydrogens is 652 g/mol. The van der Waals surface area contributed by atoms with Crippen molar-refractivity contribution >= 4 is 52.9 Å². The first kappa shape index (κ1) is 34.0. The highest BCUT2D eigenvalue weighted by Gasteiger charge is 2.56. The fraction of sp³-hybridized carbons (Fsp3) is 0.727. The lowest BCUT2D eigenvalue weighted by molar-refractivity contribution is 0.365. The van der Waals surface area contributed by atoms with Gasteiger partial charge in [-0.05, 0) is 165 Å². The number of hydrogen-bond acceptors (Lipinski definition) is 0. The molecule has 0 aromatic heterocycles. The summed E-state index contributed by atoms with van der Waals surface area (Å²) >= 11 is 0. The van der Waals surface area contributed by atoms with Crippen LogP contribution in [0.15, 0.2) is 48.5 Å². The van der Waals surface area contributed by atoms with E-state index in [0.717, 1.165) is 92.6 Å². The lowest BCUT2D eigenvalue weighted by Gasteiger charge is -2.27. The molecule has 8 bridgehead atoms. The Labute approximate surface area is 299 Å². The molecule has 0 amide bonds. The van der Waals surface area contributed by atoms with Crippen LogP contribution >= 0.6 is 31.7 Å². The van der Waals surface area contributed by atoms with Gasteiger partial charge in [0.15, 0.2) is 0 Å². The molecule has 8 aliphatic heterocycles. The Kier molecular flexibility index (Phi) is 9.15. The van der Waals surface area contributed by atoms with Crippen LogP contribution in [0.2, 0.25) is 0 Å². The smallest absolute Gasteiger partial charge is 0.0137 e. The fourth-order valence-corrected chi connectivity index (χ4v) is 31.9.